The molecular formula is C22H25N3O4S. The number of sulfone groups is 1. The number of amides is 1. The lowest BCUT2D eigenvalue weighted by Crippen LogP contribution is -2.58. The van der Waals surface area contributed by atoms with E-state index in [-0.39, 0.29) is 10.8 Å². The van der Waals surface area contributed by atoms with Crippen molar-refractivity contribution in [2.45, 2.75) is 35.7 Å². The van der Waals surface area contributed by atoms with Gasteiger partial charge in [-0.15, -0.1) is 0 Å². The highest BCUT2D eigenvalue weighted by Crippen LogP contribution is 2.23. The second kappa shape index (κ2) is 8.96. The Morgan fingerprint density at radius 2 is 1.87 bits per heavy atom. The Balaban J connectivity index is 1.69. The molecule has 0 saturated carbocycles. The number of ether oxygens (including phenoxy) is 1. The van der Waals surface area contributed by atoms with Crippen LogP contribution in [0.1, 0.15) is 18.4 Å². The van der Waals surface area contributed by atoms with Gasteiger partial charge in [0.05, 0.1) is 16.5 Å². The van der Waals surface area contributed by atoms with E-state index in [0.717, 1.165) is 16.7 Å². The summed E-state index contributed by atoms with van der Waals surface area (Å²) < 4.78 is 28.8. The highest BCUT2D eigenvalue weighted by atomic mass is 32.2. The van der Waals surface area contributed by atoms with E-state index in [1.54, 1.807) is 18.2 Å². The molecule has 3 N–H and O–H groups in total. The predicted molar refractivity (Wildman–Crippen MR) is 113 cm³/mol. The van der Waals surface area contributed by atoms with Crippen LogP contribution in [0.25, 0.3) is 11.1 Å². The Hall–Kier alpha value is -2.73. The van der Waals surface area contributed by atoms with Gasteiger partial charge in [0.2, 0.25) is 5.91 Å². The first-order valence-electron chi connectivity index (χ1n) is 9.68. The lowest BCUT2D eigenvalue weighted by molar-refractivity contribution is -0.130. The van der Waals surface area contributed by atoms with E-state index in [0.29, 0.717) is 32.5 Å². The molecule has 1 fully saturated rings. The zero-order valence-electron chi connectivity index (χ0n) is 16.8. The number of hydrogen-bond donors (Lipinski definition) is 2. The van der Waals surface area contributed by atoms with Crippen molar-refractivity contribution in [1.82, 2.24) is 5.32 Å². The molecule has 30 heavy (non-hydrogen) atoms. The molecule has 1 heterocycles. The minimum absolute atomic E-state index is 0.264. The molecule has 0 radical (unpaired) electrons. The van der Waals surface area contributed by atoms with E-state index in [2.05, 4.69) is 11.4 Å². The minimum atomic E-state index is -3.28. The lowest BCUT2D eigenvalue weighted by Gasteiger charge is -2.32. The Morgan fingerprint density at radius 1 is 1.20 bits per heavy atom. The van der Waals surface area contributed by atoms with Gasteiger partial charge in [-0.1, -0.05) is 36.4 Å². The van der Waals surface area contributed by atoms with Crippen LogP contribution in [0.2, 0.25) is 0 Å². The summed E-state index contributed by atoms with van der Waals surface area (Å²) in [6.45, 7) is 0.867. The van der Waals surface area contributed by atoms with Crippen molar-refractivity contribution in [3.63, 3.8) is 0 Å². The average molecular weight is 428 g/mol. The largest absolute Gasteiger partial charge is 0.381 e. The quantitative estimate of drug-likeness (QED) is 0.725. The summed E-state index contributed by atoms with van der Waals surface area (Å²) in [6, 6.07) is 15.7. The first-order chi connectivity index (χ1) is 14.2. The van der Waals surface area contributed by atoms with Gasteiger partial charge in [-0.2, -0.15) is 5.26 Å². The topological polar surface area (TPSA) is 122 Å². The Labute approximate surface area is 176 Å². The fraction of sp³-hybridized carbons (Fsp3) is 0.364. The number of carbonyl (C=O) groups excluding carboxylic acids is 1. The van der Waals surface area contributed by atoms with Gasteiger partial charge in [0.15, 0.2) is 9.84 Å². The number of nitriles is 1. The van der Waals surface area contributed by atoms with E-state index in [9.17, 15) is 18.5 Å². The van der Waals surface area contributed by atoms with E-state index in [1.807, 2.05) is 30.3 Å². The average Bonchev–Trinajstić information content (AvgIpc) is 2.73. The van der Waals surface area contributed by atoms with Gasteiger partial charge in [0, 0.05) is 25.9 Å². The Bertz CT molecular complexity index is 1050. The van der Waals surface area contributed by atoms with Crippen LogP contribution in [0.5, 0.6) is 0 Å². The maximum atomic E-state index is 12.5. The number of rotatable bonds is 6. The van der Waals surface area contributed by atoms with E-state index in [4.69, 9.17) is 10.5 Å². The van der Waals surface area contributed by atoms with Crippen LogP contribution in [0.15, 0.2) is 53.4 Å². The van der Waals surface area contributed by atoms with Gasteiger partial charge < -0.3 is 15.8 Å². The van der Waals surface area contributed by atoms with E-state index in [1.165, 1.54) is 6.26 Å². The van der Waals surface area contributed by atoms with Gasteiger partial charge in [-0.05, 0) is 41.7 Å². The molecule has 2 aromatic rings. The lowest BCUT2D eigenvalue weighted by atomic mass is 9.90. The van der Waals surface area contributed by atoms with E-state index < -0.39 is 21.4 Å². The third-order valence-corrected chi connectivity index (χ3v) is 6.40. The highest BCUT2D eigenvalue weighted by Gasteiger charge is 2.36. The summed E-state index contributed by atoms with van der Waals surface area (Å²) >= 11 is 0. The Morgan fingerprint density at radius 3 is 2.47 bits per heavy atom. The molecule has 0 aromatic heterocycles. The summed E-state index contributed by atoms with van der Waals surface area (Å²) in [5.74, 6) is -0.327. The second-order valence-corrected chi connectivity index (χ2v) is 9.64. The number of benzene rings is 2. The van der Waals surface area contributed by atoms with Gasteiger partial charge >= 0.3 is 0 Å². The van der Waals surface area contributed by atoms with Crippen LogP contribution in [0, 0.1) is 11.3 Å². The molecule has 1 aliphatic heterocycles. The molecule has 7 nitrogen and oxygen atoms in total. The van der Waals surface area contributed by atoms with Crippen molar-refractivity contribution in [2.24, 2.45) is 5.73 Å². The molecule has 1 saturated heterocycles. The third-order valence-electron chi connectivity index (χ3n) is 5.29. The summed E-state index contributed by atoms with van der Waals surface area (Å²) in [4.78, 5) is 12.8. The van der Waals surface area contributed by atoms with Crippen molar-refractivity contribution < 1.29 is 17.9 Å². The molecule has 1 unspecified atom stereocenters. The van der Waals surface area contributed by atoms with Gasteiger partial charge in [0.1, 0.15) is 6.04 Å². The van der Waals surface area contributed by atoms with Crippen LogP contribution < -0.4 is 11.1 Å². The molecule has 0 bridgehead atoms. The molecule has 2 aromatic carbocycles. The smallest absolute Gasteiger partial charge is 0.241 e. The molecular weight excluding hydrogens is 402 g/mol. The number of nitrogens with zero attached hydrogens (tertiary/aromatic N) is 1. The van der Waals surface area contributed by atoms with Crippen molar-refractivity contribution in [1.29, 1.82) is 5.26 Å². The molecule has 8 heteroatoms. The molecule has 3 rings (SSSR count). The normalized spacial score (nSPS) is 17.0. The number of nitrogens with one attached hydrogen (secondary N) is 1. The third kappa shape index (κ3) is 5.25. The van der Waals surface area contributed by atoms with Gasteiger partial charge in [-0.25, -0.2) is 8.42 Å². The second-order valence-electron chi connectivity index (χ2n) is 7.62. The predicted octanol–water partition coefficient (Wildman–Crippen LogP) is 1.82. The Kier molecular flexibility index (Phi) is 6.56. The zero-order valence-corrected chi connectivity index (χ0v) is 17.6. The molecule has 0 aliphatic carbocycles. The van der Waals surface area contributed by atoms with Crippen LogP contribution in [0.3, 0.4) is 0 Å². The zero-order chi connectivity index (χ0) is 21.8. The number of hydrogen-bond acceptors (Lipinski definition) is 6. The minimum Gasteiger partial charge on any atom is -0.381 e. The van der Waals surface area contributed by atoms with Gasteiger partial charge in [-0.3, -0.25) is 4.79 Å². The standard InChI is InChI=1S/C22H25N3O4S/c1-30(27,28)20-4-2-3-18(14-20)17-7-5-16(6-8-17)13-19(15-23)25-21(26)22(24)9-11-29-12-10-22/h2-8,14,19H,9-13,24H2,1H3,(H,25,26). The summed E-state index contributed by atoms with van der Waals surface area (Å²) in [7, 11) is -3.28. The first kappa shape index (κ1) is 22.0. The first-order valence-corrected chi connectivity index (χ1v) is 11.6. The fourth-order valence-corrected chi connectivity index (χ4v) is 4.04. The maximum Gasteiger partial charge on any atom is 0.241 e. The molecule has 1 amide bonds. The molecule has 158 valence electrons. The maximum absolute atomic E-state index is 12.5. The number of carbonyl (C=O) groups is 1. The van der Waals surface area contributed by atoms with Crippen molar-refractivity contribution in [3.05, 3.63) is 54.1 Å². The van der Waals surface area contributed by atoms with E-state index >= 15 is 0 Å². The van der Waals surface area contributed by atoms with Crippen LogP contribution in [-0.2, 0) is 25.8 Å². The summed E-state index contributed by atoms with van der Waals surface area (Å²) in [5.41, 5.74) is 7.72. The highest BCUT2D eigenvalue weighted by molar-refractivity contribution is 7.90. The van der Waals surface area contributed by atoms with Crippen molar-refractivity contribution >= 4 is 15.7 Å². The van der Waals surface area contributed by atoms with Crippen LogP contribution in [-0.4, -0.2) is 45.4 Å². The van der Waals surface area contributed by atoms with Crippen molar-refractivity contribution in [3.8, 4) is 17.2 Å². The number of nitrogens with two attached hydrogens (primary N) is 1. The van der Waals surface area contributed by atoms with Crippen LogP contribution >= 0.6 is 0 Å². The monoisotopic (exact) mass is 427 g/mol. The van der Waals surface area contributed by atoms with Gasteiger partial charge in [0.25, 0.3) is 0 Å². The molecule has 1 aliphatic rings. The van der Waals surface area contributed by atoms with Crippen LogP contribution in [0.4, 0.5) is 0 Å². The summed E-state index contributed by atoms with van der Waals surface area (Å²) in [6.07, 6.45) is 2.38. The fourth-order valence-electron chi connectivity index (χ4n) is 3.37. The SMILES string of the molecule is CS(=O)(=O)c1cccc(-c2ccc(CC(C#N)NC(=O)C3(N)CCOCC3)cc2)c1. The molecule has 1 atom stereocenters. The molecule has 0 spiro atoms. The van der Waals surface area contributed by atoms with Crippen molar-refractivity contribution in [2.75, 3.05) is 19.5 Å². The summed E-state index contributed by atoms with van der Waals surface area (Å²) in [5, 5.41) is 12.2.